The van der Waals surface area contributed by atoms with Gasteiger partial charge >= 0.3 is 0 Å². The van der Waals surface area contributed by atoms with E-state index in [9.17, 15) is 4.79 Å². The average Bonchev–Trinajstić information content (AvgIpc) is 2.48. The zero-order valence-electron chi connectivity index (χ0n) is 11.8. The highest BCUT2D eigenvalue weighted by molar-refractivity contribution is 5.94. The van der Waals surface area contributed by atoms with Crippen LogP contribution in [0, 0.1) is 11.8 Å². The second-order valence-corrected chi connectivity index (χ2v) is 4.19. The van der Waals surface area contributed by atoms with E-state index in [1.54, 1.807) is 12.3 Å². The molecule has 3 N–H and O–H groups in total. The summed E-state index contributed by atoms with van der Waals surface area (Å²) in [5, 5.41) is 2.78. The minimum Gasteiger partial charge on any atom is -0.380 e. The summed E-state index contributed by atoms with van der Waals surface area (Å²) in [6.07, 6.45) is 5.27. The molecule has 0 aliphatic carbocycles. The Morgan fingerprint density at radius 1 is 1.45 bits per heavy atom. The zero-order chi connectivity index (χ0) is 14.6. The number of unbranched alkanes of at least 4 members (excludes halogenated alkanes) is 1. The molecule has 0 atom stereocenters. The summed E-state index contributed by atoms with van der Waals surface area (Å²) >= 11 is 0. The fraction of sp³-hybridized carbons (Fsp3) is 0.467. The van der Waals surface area contributed by atoms with E-state index in [0.717, 1.165) is 19.4 Å². The van der Waals surface area contributed by atoms with Crippen LogP contribution in [0.25, 0.3) is 0 Å². The first kappa shape index (κ1) is 16.2. The number of hydrogen-bond donors (Lipinski definition) is 2. The SMILES string of the molecule is CCCCOCCNC(=O)c1cncc(C#CCN)c1. The molecule has 20 heavy (non-hydrogen) atoms. The molecule has 0 unspecified atom stereocenters. The monoisotopic (exact) mass is 275 g/mol. The highest BCUT2D eigenvalue weighted by Gasteiger charge is 2.05. The molecule has 1 heterocycles. The number of carbonyl (C=O) groups excluding carboxylic acids is 1. The van der Waals surface area contributed by atoms with Crippen LogP contribution in [0.1, 0.15) is 35.7 Å². The third kappa shape index (κ3) is 6.32. The van der Waals surface area contributed by atoms with Gasteiger partial charge in [0.05, 0.1) is 18.7 Å². The van der Waals surface area contributed by atoms with Crippen molar-refractivity contribution in [3.05, 3.63) is 29.6 Å². The lowest BCUT2D eigenvalue weighted by Crippen LogP contribution is -2.27. The lowest BCUT2D eigenvalue weighted by Gasteiger charge is -2.06. The minimum atomic E-state index is -0.173. The van der Waals surface area contributed by atoms with Gasteiger partial charge in [-0.05, 0) is 12.5 Å². The first-order valence-electron chi connectivity index (χ1n) is 6.78. The van der Waals surface area contributed by atoms with Crippen LogP contribution < -0.4 is 11.1 Å². The molecule has 1 rings (SSSR count). The smallest absolute Gasteiger partial charge is 0.252 e. The Morgan fingerprint density at radius 2 is 2.30 bits per heavy atom. The van der Waals surface area contributed by atoms with Gasteiger partial charge in [-0.25, -0.2) is 0 Å². The summed E-state index contributed by atoms with van der Waals surface area (Å²) in [5.41, 5.74) is 6.47. The molecule has 1 amide bonds. The maximum atomic E-state index is 11.9. The van der Waals surface area contributed by atoms with E-state index >= 15 is 0 Å². The van der Waals surface area contributed by atoms with Gasteiger partial charge in [0.25, 0.3) is 5.91 Å². The topological polar surface area (TPSA) is 77.2 Å². The molecule has 0 saturated heterocycles. The van der Waals surface area contributed by atoms with Crippen molar-refractivity contribution < 1.29 is 9.53 Å². The highest BCUT2D eigenvalue weighted by atomic mass is 16.5. The lowest BCUT2D eigenvalue weighted by atomic mass is 10.2. The molecule has 0 radical (unpaired) electrons. The van der Waals surface area contributed by atoms with Gasteiger partial charge in [-0.3, -0.25) is 9.78 Å². The van der Waals surface area contributed by atoms with Crippen LogP contribution in [0.5, 0.6) is 0 Å². The maximum Gasteiger partial charge on any atom is 0.252 e. The zero-order valence-corrected chi connectivity index (χ0v) is 11.8. The molecule has 1 aromatic heterocycles. The van der Waals surface area contributed by atoms with Crippen LogP contribution >= 0.6 is 0 Å². The second kappa shape index (κ2) is 9.96. The van der Waals surface area contributed by atoms with Crippen molar-refractivity contribution in [2.45, 2.75) is 19.8 Å². The Balaban J connectivity index is 2.39. The van der Waals surface area contributed by atoms with Gasteiger partial charge in [-0.2, -0.15) is 0 Å². The molecule has 0 bridgehead atoms. The highest BCUT2D eigenvalue weighted by Crippen LogP contribution is 2.01. The van der Waals surface area contributed by atoms with Crippen molar-refractivity contribution in [3.63, 3.8) is 0 Å². The summed E-state index contributed by atoms with van der Waals surface area (Å²) in [4.78, 5) is 15.9. The van der Waals surface area contributed by atoms with E-state index in [1.807, 2.05) is 0 Å². The molecule has 0 saturated carbocycles. The van der Waals surface area contributed by atoms with Crippen LogP contribution in [0.4, 0.5) is 0 Å². The van der Waals surface area contributed by atoms with E-state index in [2.05, 4.69) is 29.1 Å². The van der Waals surface area contributed by atoms with Crippen molar-refractivity contribution in [1.82, 2.24) is 10.3 Å². The number of ether oxygens (including phenoxy) is 1. The Hall–Kier alpha value is -1.90. The Labute approximate surface area is 119 Å². The van der Waals surface area contributed by atoms with E-state index in [0.29, 0.717) is 24.3 Å². The molecule has 108 valence electrons. The molecule has 1 aromatic rings. The number of carbonyl (C=O) groups is 1. The molecular weight excluding hydrogens is 254 g/mol. The largest absolute Gasteiger partial charge is 0.380 e. The van der Waals surface area contributed by atoms with Crippen molar-refractivity contribution in [2.75, 3.05) is 26.3 Å². The fourth-order valence-corrected chi connectivity index (χ4v) is 1.47. The molecule has 0 aromatic carbocycles. The Bertz CT molecular complexity index is 477. The van der Waals surface area contributed by atoms with Gasteiger partial charge in [0.1, 0.15) is 0 Å². The number of rotatable bonds is 7. The molecular formula is C15H21N3O2. The summed E-state index contributed by atoms with van der Waals surface area (Å²) in [7, 11) is 0. The van der Waals surface area contributed by atoms with Crippen LogP contribution in [0.3, 0.4) is 0 Å². The first-order valence-corrected chi connectivity index (χ1v) is 6.78. The third-order valence-corrected chi connectivity index (χ3v) is 2.51. The van der Waals surface area contributed by atoms with Crippen molar-refractivity contribution in [3.8, 4) is 11.8 Å². The average molecular weight is 275 g/mol. The van der Waals surface area contributed by atoms with Crippen LogP contribution in [0.15, 0.2) is 18.5 Å². The number of pyridine rings is 1. The van der Waals surface area contributed by atoms with Crippen molar-refractivity contribution >= 4 is 5.91 Å². The number of nitrogens with two attached hydrogens (primary N) is 1. The Morgan fingerprint density at radius 3 is 3.05 bits per heavy atom. The molecule has 0 fully saturated rings. The van der Waals surface area contributed by atoms with Gasteiger partial charge in [-0.15, -0.1) is 0 Å². The standard InChI is InChI=1S/C15H21N3O2/c1-2-3-8-20-9-7-18-15(19)14-10-13(5-4-6-16)11-17-12-14/h10-12H,2-3,6-9,16H2,1H3,(H,18,19). The predicted octanol–water partition coefficient (Wildman–Crippen LogP) is 0.938. The molecule has 0 aliphatic heterocycles. The quantitative estimate of drug-likeness (QED) is 0.573. The second-order valence-electron chi connectivity index (χ2n) is 4.19. The first-order chi connectivity index (χ1) is 9.77. The van der Waals surface area contributed by atoms with E-state index < -0.39 is 0 Å². The number of amides is 1. The third-order valence-electron chi connectivity index (χ3n) is 2.51. The lowest BCUT2D eigenvalue weighted by molar-refractivity contribution is 0.0912. The van der Waals surface area contributed by atoms with Gasteiger partial charge in [0, 0.05) is 31.1 Å². The van der Waals surface area contributed by atoms with Crippen LogP contribution in [-0.4, -0.2) is 37.2 Å². The van der Waals surface area contributed by atoms with Gasteiger partial charge in [0.2, 0.25) is 0 Å². The normalized spacial score (nSPS) is 9.70. The molecule has 0 spiro atoms. The van der Waals surface area contributed by atoms with Gasteiger partial charge in [-0.1, -0.05) is 25.2 Å². The number of nitrogens with zero attached hydrogens (tertiary/aromatic N) is 1. The number of hydrogen-bond acceptors (Lipinski definition) is 4. The summed E-state index contributed by atoms with van der Waals surface area (Å²) in [6.45, 7) is 4.13. The van der Waals surface area contributed by atoms with Gasteiger partial charge < -0.3 is 15.8 Å². The summed E-state index contributed by atoms with van der Waals surface area (Å²) in [6, 6.07) is 1.70. The summed E-state index contributed by atoms with van der Waals surface area (Å²) < 4.78 is 5.37. The maximum absolute atomic E-state index is 11.9. The molecule has 0 aliphatic rings. The fourth-order valence-electron chi connectivity index (χ4n) is 1.47. The van der Waals surface area contributed by atoms with E-state index in [4.69, 9.17) is 10.5 Å². The molecule has 5 nitrogen and oxygen atoms in total. The van der Waals surface area contributed by atoms with Crippen molar-refractivity contribution in [2.24, 2.45) is 5.73 Å². The summed E-state index contributed by atoms with van der Waals surface area (Å²) in [5.74, 6) is 5.40. The molecule has 5 heteroatoms. The minimum absolute atomic E-state index is 0.173. The predicted molar refractivity (Wildman–Crippen MR) is 78.2 cm³/mol. The Kier molecular flexibility index (Phi) is 8.04. The van der Waals surface area contributed by atoms with E-state index in [-0.39, 0.29) is 12.5 Å². The number of aromatic nitrogens is 1. The van der Waals surface area contributed by atoms with Crippen LogP contribution in [-0.2, 0) is 4.74 Å². The van der Waals surface area contributed by atoms with Crippen molar-refractivity contribution in [1.29, 1.82) is 0 Å². The van der Waals surface area contributed by atoms with Gasteiger partial charge in [0.15, 0.2) is 0 Å². The van der Waals surface area contributed by atoms with E-state index in [1.165, 1.54) is 6.20 Å². The van der Waals surface area contributed by atoms with Crippen LogP contribution in [0.2, 0.25) is 0 Å². The number of nitrogens with one attached hydrogen (secondary N) is 1.